The molecule has 1 fully saturated rings. The van der Waals surface area contributed by atoms with Gasteiger partial charge in [-0.2, -0.15) is 0 Å². The van der Waals surface area contributed by atoms with Crippen LogP contribution in [0.15, 0.2) is 60.8 Å². The number of halogens is 1. The standard InChI is InChI=1S/C31H32ClN3O4/c1-33-30(36)20-37-23-7-9-29-26(17-23)24(25-4-2-12-34-28(25)19-38-29)5-3-13-35-14-10-31(11-15-35)27-8-6-22(32)16-21(27)18-39-31/h2,4-9,12,16-17H,3,10-11,13-15,18-20H2,1H3,(H,33,36)/b24-5+. The molecule has 7 nitrogen and oxygen atoms in total. The summed E-state index contributed by atoms with van der Waals surface area (Å²) >= 11 is 6.21. The van der Waals surface area contributed by atoms with Gasteiger partial charge in [-0.15, -0.1) is 0 Å². The molecule has 3 aliphatic rings. The van der Waals surface area contributed by atoms with Crippen LogP contribution in [0.1, 0.15) is 47.2 Å². The highest BCUT2D eigenvalue weighted by Crippen LogP contribution is 2.45. The predicted octanol–water partition coefficient (Wildman–Crippen LogP) is 5.10. The van der Waals surface area contributed by atoms with Crippen LogP contribution in [-0.2, 0) is 28.3 Å². The summed E-state index contributed by atoms with van der Waals surface area (Å²) in [6, 6.07) is 15.9. The van der Waals surface area contributed by atoms with E-state index in [1.807, 2.05) is 36.4 Å². The van der Waals surface area contributed by atoms with Gasteiger partial charge in [0, 0.05) is 49.0 Å². The number of piperidine rings is 1. The summed E-state index contributed by atoms with van der Waals surface area (Å²) in [7, 11) is 1.60. The molecule has 0 radical (unpaired) electrons. The molecule has 2 aromatic carbocycles. The maximum Gasteiger partial charge on any atom is 0.257 e. The SMILES string of the molecule is CNC(=O)COc1ccc2c(c1)/C(=C/CCN1CCC3(CC1)OCc1cc(Cl)ccc13)c1cccnc1CO2. The molecule has 0 aliphatic carbocycles. The van der Waals surface area contributed by atoms with Crippen LogP contribution in [0.5, 0.6) is 11.5 Å². The molecule has 1 saturated heterocycles. The first-order chi connectivity index (χ1) is 19.0. The predicted molar refractivity (Wildman–Crippen MR) is 150 cm³/mol. The second-order valence-electron chi connectivity index (χ2n) is 10.2. The highest BCUT2D eigenvalue weighted by atomic mass is 35.5. The Morgan fingerprint density at radius 1 is 1.15 bits per heavy atom. The molecule has 4 heterocycles. The lowest BCUT2D eigenvalue weighted by Gasteiger charge is -2.39. The number of nitrogens with one attached hydrogen (secondary N) is 1. The third kappa shape index (κ3) is 5.26. The average molecular weight is 546 g/mol. The van der Waals surface area contributed by atoms with E-state index in [4.69, 9.17) is 25.8 Å². The van der Waals surface area contributed by atoms with Gasteiger partial charge in [0.1, 0.15) is 18.1 Å². The van der Waals surface area contributed by atoms with Gasteiger partial charge in [-0.3, -0.25) is 9.78 Å². The zero-order chi connectivity index (χ0) is 26.8. The Morgan fingerprint density at radius 3 is 2.87 bits per heavy atom. The Hall–Kier alpha value is -3.39. The average Bonchev–Trinajstić information content (AvgIpc) is 3.22. The molecule has 39 heavy (non-hydrogen) atoms. The van der Waals surface area contributed by atoms with Crippen LogP contribution < -0.4 is 14.8 Å². The maximum atomic E-state index is 11.7. The van der Waals surface area contributed by atoms with E-state index in [0.29, 0.717) is 19.0 Å². The fraction of sp³-hybridized carbons (Fsp3) is 0.355. The molecule has 1 aromatic heterocycles. The van der Waals surface area contributed by atoms with Gasteiger partial charge in [0.05, 0.1) is 17.9 Å². The molecule has 1 amide bonds. The highest BCUT2D eigenvalue weighted by Gasteiger charge is 2.42. The third-order valence-electron chi connectivity index (χ3n) is 7.95. The zero-order valence-corrected chi connectivity index (χ0v) is 22.8. The molecule has 3 aliphatic heterocycles. The fourth-order valence-corrected chi connectivity index (χ4v) is 6.02. The summed E-state index contributed by atoms with van der Waals surface area (Å²) in [5.41, 5.74) is 6.35. The fourth-order valence-electron chi connectivity index (χ4n) is 5.83. The molecule has 6 rings (SSSR count). The van der Waals surface area contributed by atoms with Crippen LogP contribution in [0, 0.1) is 0 Å². The van der Waals surface area contributed by atoms with Crippen molar-refractivity contribution in [3.8, 4) is 11.5 Å². The van der Waals surface area contributed by atoms with E-state index >= 15 is 0 Å². The molecule has 0 atom stereocenters. The van der Waals surface area contributed by atoms with E-state index in [9.17, 15) is 4.79 Å². The highest BCUT2D eigenvalue weighted by molar-refractivity contribution is 6.30. The second-order valence-corrected chi connectivity index (χ2v) is 10.7. The normalized spacial score (nSPS) is 18.6. The van der Waals surface area contributed by atoms with E-state index < -0.39 is 0 Å². The molecule has 0 saturated carbocycles. The third-order valence-corrected chi connectivity index (χ3v) is 8.19. The van der Waals surface area contributed by atoms with E-state index in [1.54, 1.807) is 13.2 Å². The monoisotopic (exact) mass is 545 g/mol. The lowest BCUT2D eigenvalue weighted by molar-refractivity contribution is -0.122. The van der Waals surface area contributed by atoms with Crippen LogP contribution in [0.4, 0.5) is 0 Å². The minimum absolute atomic E-state index is 0.0367. The lowest BCUT2D eigenvalue weighted by Crippen LogP contribution is -2.42. The Morgan fingerprint density at radius 2 is 2.03 bits per heavy atom. The number of amides is 1. The number of nitrogens with zero attached hydrogens (tertiary/aromatic N) is 2. The zero-order valence-electron chi connectivity index (χ0n) is 22.0. The smallest absolute Gasteiger partial charge is 0.257 e. The van der Waals surface area contributed by atoms with Crippen molar-refractivity contribution in [2.75, 3.05) is 33.3 Å². The first kappa shape index (κ1) is 25.9. The summed E-state index contributed by atoms with van der Waals surface area (Å²) in [5.74, 6) is 1.23. The minimum atomic E-state index is -0.178. The Labute approximate surface area is 233 Å². The van der Waals surface area contributed by atoms with Gasteiger partial charge in [-0.25, -0.2) is 0 Å². The Balaban J connectivity index is 1.18. The number of carbonyl (C=O) groups is 1. The molecule has 3 aromatic rings. The number of aromatic nitrogens is 1. The largest absolute Gasteiger partial charge is 0.487 e. The molecule has 1 N–H and O–H groups in total. The van der Waals surface area contributed by atoms with E-state index in [2.05, 4.69) is 33.4 Å². The van der Waals surface area contributed by atoms with Crippen molar-refractivity contribution >= 4 is 23.1 Å². The van der Waals surface area contributed by atoms with Crippen LogP contribution in [0.2, 0.25) is 5.02 Å². The van der Waals surface area contributed by atoms with Crippen molar-refractivity contribution < 1.29 is 19.0 Å². The molecular weight excluding hydrogens is 514 g/mol. The first-order valence-corrected chi connectivity index (χ1v) is 13.8. The van der Waals surface area contributed by atoms with Gasteiger partial charge in [-0.1, -0.05) is 29.8 Å². The number of hydrogen-bond acceptors (Lipinski definition) is 6. The van der Waals surface area contributed by atoms with Gasteiger partial charge in [0.2, 0.25) is 0 Å². The van der Waals surface area contributed by atoms with Crippen LogP contribution >= 0.6 is 11.6 Å². The first-order valence-electron chi connectivity index (χ1n) is 13.4. The van der Waals surface area contributed by atoms with Gasteiger partial charge in [-0.05, 0) is 72.4 Å². The maximum absolute atomic E-state index is 11.7. The summed E-state index contributed by atoms with van der Waals surface area (Å²) in [6.07, 6.45) is 6.92. The molecule has 1 spiro atoms. The van der Waals surface area contributed by atoms with Gasteiger partial charge >= 0.3 is 0 Å². The van der Waals surface area contributed by atoms with Crippen molar-refractivity contribution in [3.05, 3.63) is 93.8 Å². The van der Waals surface area contributed by atoms with Crippen molar-refractivity contribution in [1.29, 1.82) is 0 Å². The number of likely N-dealkylation sites (tertiary alicyclic amines) is 1. The summed E-state index contributed by atoms with van der Waals surface area (Å²) in [5, 5.41) is 3.36. The number of likely N-dealkylation sites (N-methyl/N-ethyl adjacent to an activating group) is 1. The molecule has 0 unspecified atom stereocenters. The van der Waals surface area contributed by atoms with Gasteiger partial charge in [0.15, 0.2) is 6.61 Å². The molecular formula is C31H32ClN3O4. The number of benzene rings is 2. The lowest BCUT2D eigenvalue weighted by atomic mass is 9.84. The number of carbonyl (C=O) groups excluding carboxylic acids is 1. The number of pyridine rings is 1. The number of fused-ring (bicyclic) bond motifs is 4. The van der Waals surface area contributed by atoms with Crippen LogP contribution in [0.3, 0.4) is 0 Å². The quantitative estimate of drug-likeness (QED) is 0.465. The Bertz CT molecular complexity index is 1410. The van der Waals surface area contributed by atoms with E-state index in [1.165, 1.54) is 11.1 Å². The Kier molecular flexibility index (Phi) is 7.30. The van der Waals surface area contributed by atoms with Gasteiger partial charge < -0.3 is 24.4 Å². The topological polar surface area (TPSA) is 72.9 Å². The number of hydrogen-bond donors (Lipinski definition) is 1. The second kappa shape index (κ2) is 11.0. The van der Waals surface area contributed by atoms with Crippen LogP contribution in [0.25, 0.3) is 5.57 Å². The van der Waals surface area contributed by atoms with E-state index in [0.717, 1.165) is 72.1 Å². The molecule has 0 bridgehead atoms. The summed E-state index contributed by atoms with van der Waals surface area (Å²) in [6.45, 7) is 3.93. The molecule has 8 heteroatoms. The summed E-state index contributed by atoms with van der Waals surface area (Å²) in [4.78, 5) is 18.8. The number of rotatable bonds is 6. The van der Waals surface area contributed by atoms with Crippen molar-refractivity contribution in [1.82, 2.24) is 15.2 Å². The van der Waals surface area contributed by atoms with Crippen molar-refractivity contribution in [2.24, 2.45) is 0 Å². The van der Waals surface area contributed by atoms with Gasteiger partial charge in [0.25, 0.3) is 5.91 Å². The van der Waals surface area contributed by atoms with Crippen molar-refractivity contribution in [3.63, 3.8) is 0 Å². The summed E-state index contributed by atoms with van der Waals surface area (Å²) < 4.78 is 18.2. The minimum Gasteiger partial charge on any atom is -0.487 e. The van der Waals surface area contributed by atoms with E-state index in [-0.39, 0.29) is 18.1 Å². The molecule has 202 valence electrons. The van der Waals surface area contributed by atoms with Crippen molar-refractivity contribution in [2.45, 2.75) is 38.1 Å². The van der Waals surface area contributed by atoms with Crippen LogP contribution in [-0.4, -0.2) is 49.1 Å². The number of ether oxygens (including phenoxy) is 3.